The van der Waals surface area contributed by atoms with Crippen LogP contribution in [0.2, 0.25) is 0 Å². The maximum Gasteiger partial charge on any atom is 0.250 e. The molecule has 0 aliphatic carbocycles. The van der Waals surface area contributed by atoms with Crippen LogP contribution in [0.4, 0.5) is 5.69 Å². The van der Waals surface area contributed by atoms with Crippen molar-refractivity contribution in [1.82, 2.24) is 0 Å². The Balaban J connectivity index is 1.98. The quantitative estimate of drug-likeness (QED) is 0.806. The van der Waals surface area contributed by atoms with Crippen LogP contribution in [0.3, 0.4) is 0 Å². The summed E-state index contributed by atoms with van der Waals surface area (Å²) in [5, 5.41) is 0.564. The SMILES string of the molecule is CC(C)C(=O)N=C1S[C@@H]2CS(=O)(=O)C[C@@H]2N1c1ccc(C(C)C)cc1. The number of fused-ring (bicyclic) bond motifs is 1. The number of amidine groups is 1. The van der Waals surface area contributed by atoms with Crippen LogP contribution in [0.15, 0.2) is 29.3 Å². The third-order valence-electron chi connectivity index (χ3n) is 4.60. The lowest BCUT2D eigenvalue weighted by molar-refractivity contribution is -0.120. The lowest BCUT2D eigenvalue weighted by Gasteiger charge is -2.25. The molecular weight excluding hydrogens is 356 g/mol. The van der Waals surface area contributed by atoms with E-state index in [9.17, 15) is 13.2 Å². The van der Waals surface area contributed by atoms with Crippen LogP contribution in [0.1, 0.15) is 39.2 Å². The number of carbonyl (C=O) groups is 1. The van der Waals surface area contributed by atoms with Gasteiger partial charge in [-0.2, -0.15) is 4.99 Å². The van der Waals surface area contributed by atoms with Crippen molar-refractivity contribution in [2.75, 3.05) is 16.4 Å². The number of hydrogen-bond donors (Lipinski definition) is 0. The Labute approximate surface area is 153 Å². The molecule has 2 heterocycles. The zero-order valence-electron chi connectivity index (χ0n) is 15.0. The van der Waals surface area contributed by atoms with Crippen molar-refractivity contribution >= 4 is 38.4 Å². The van der Waals surface area contributed by atoms with E-state index in [1.54, 1.807) is 0 Å². The van der Waals surface area contributed by atoms with Gasteiger partial charge in [0.25, 0.3) is 5.91 Å². The van der Waals surface area contributed by atoms with Crippen LogP contribution in [0, 0.1) is 5.92 Å². The highest BCUT2D eigenvalue weighted by Crippen LogP contribution is 2.41. The van der Waals surface area contributed by atoms with Crippen molar-refractivity contribution in [2.24, 2.45) is 10.9 Å². The topological polar surface area (TPSA) is 66.8 Å². The number of amides is 1. The molecule has 2 aliphatic heterocycles. The van der Waals surface area contributed by atoms with E-state index in [4.69, 9.17) is 0 Å². The number of aliphatic imine (C=N–C) groups is 1. The van der Waals surface area contributed by atoms with Crippen molar-refractivity contribution in [3.05, 3.63) is 29.8 Å². The zero-order chi connectivity index (χ0) is 18.4. The fraction of sp³-hybridized carbons (Fsp3) is 0.556. The molecule has 0 radical (unpaired) electrons. The van der Waals surface area contributed by atoms with Gasteiger partial charge in [0.2, 0.25) is 0 Å². The maximum absolute atomic E-state index is 12.1. The normalized spacial score (nSPS) is 26.6. The van der Waals surface area contributed by atoms with Gasteiger partial charge in [0, 0.05) is 16.9 Å². The molecule has 7 heteroatoms. The minimum absolute atomic E-state index is 0.0616. The molecule has 2 atom stereocenters. The van der Waals surface area contributed by atoms with Crippen molar-refractivity contribution in [2.45, 2.75) is 44.9 Å². The second kappa shape index (κ2) is 6.76. The minimum Gasteiger partial charge on any atom is -0.316 e. The molecule has 0 spiro atoms. The second-order valence-electron chi connectivity index (χ2n) is 7.30. The highest BCUT2D eigenvalue weighted by Gasteiger charge is 2.49. The highest BCUT2D eigenvalue weighted by molar-refractivity contribution is 8.16. The largest absolute Gasteiger partial charge is 0.316 e. The third kappa shape index (κ3) is 3.77. The molecule has 0 aromatic heterocycles. The number of hydrogen-bond acceptors (Lipinski definition) is 4. The lowest BCUT2D eigenvalue weighted by atomic mass is 10.0. The Bertz CT molecular complexity index is 798. The zero-order valence-corrected chi connectivity index (χ0v) is 16.6. The van der Waals surface area contributed by atoms with E-state index in [-0.39, 0.29) is 34.6 Å². The average Bonchev–Trinajstić information content (AvgIpc) is 2.98. The van der Waals surface area contributed by atoms with Gasteiger partial charge in [0.05, 0.1) is 17.5 Å². The fourth-order valence-electron chi connectivity index (χ4n) is 3.11. The van der Waals surface area contributed by atoms with Crippen LogP contribution >= 0.6 is 11.8 Å². The Hall–Kier alpha value is -1.34. The smallest absolute Gasteiger partial charge is 0.250 e. The number of rotatable bonds is 3. The molecule has 1 aromatic carbocycles. The molecule has 0 bridgehead atoms. The summed E-state index contributed by atoms with van der Waals surface area (Å²) in [5.41, 5.74) is 2.12. The van der Waals surface area contributed by atoms with Crippen molar-refractivity contribution in [1.29, 1.82) is 0 Å². The van der Waals surface area contributed by atoms with Crippen LogP contribution in [-0.2, 0) is 14.6 Å². The summed E-state index contributed by atoms with van der Waals surface area (Å²) in [4.78, 5) is 18.4. The number of nitrogens with zero attached hydrogens (tertiary/aromatic N) is 2. The Morgan fingerprint density at radius 2 is 1.80 bits per heavy atom. The number of thioether (sulfide) groups is 1. The van der Waals surface area contributed by atoms with Crippen LogP contribution < -0.4 is 4.90 Å². The molecule has 2 fully saturated rings. The minimum atomic E-state index is -3.04. The molecule has 1 amide bonds. The molecule has 5 nitrogen and oxygen atoms in total. The standard InChI is InChI=1S/C18H24N2O3S2/c1-11(2)13-5-7-14(8-6-13)20-15-9-25(22,23)10-16(15)24-18(20)19-17(21)12(3)4/h5-8,11-12,15-16H,9-10H2,1-4H3/t15-,16+/m0/s1. The number of anilines is 1. The summed E-state index contributed by atoms with van der Waals surface area (Å²) in [6.45, 7) is 7.90. The van der Waals surface area contributed by atoms with Gasteiger partial charge in [-0.3, -0.25) is 4.79 Å². The lowest BCUT2D eigenvalue weighted by Crippen LogP contribution is -2.37. The predicted octanol–water partition coefficient (Wildman–Crippen LogP) is 3.07. The summed E-state index contributed by atoms with van der Waals surface area (Å²) >= 11 is 1.42. The molecular formula is C18H24N2O3S2. The van der Waals surface area contributed by atoms with Crippen LogP contribution in [0.5, 0.6) is 0 Å². The third-order valence-corrected chi connectivity index (χ3v) is 7.81. The van der Waals surface area contributed by atoms with Gasteiger partial charge in [-0.05, 0) is 23.6 Å². The second-order valence-corrected chi connectivity index (χ2v) is 10.7. The van der Waals surface area contributed by atoms with Crippen LogP contribution in [0.25, 0.3) is 0 Å². The Morgan fingerprint density at radius 3 is 2.36 bits per heavy atom. The van der Waals surface area contributed by atoms with E-state index in [0.717, 1.165) is 5.69 Å². The molecule has 0 N–H and O–H groups in total. The Kier molecular flexibility index (Phi) is 4.99. The summed E-state index contributed by atoms with van der Waals surface area (Å²) in [7, 11) is -3.04. The fourth-order valence-corrected chi connectivity index (χ4v) is 7.03. The highest BCUT2D eigenvalue weighted by atomic mass is 32.2. The predicted molar refractivity (Wildman–Crippen MR) is 104 cm³/mol. The van der Waals surface area contributed by atoms with E-state index in [1.807, 2.05) is 30.9 Å². The van der Waals surface area contributed by atoms with Crippen molar-refractivity contribution < 1.29 is 13.2 Å². The first-order valence-corrected chi connectivity index (χ1v) is 11.3. The molecule has 2 aliphatic rings. The summed E-state index contributed by atoms with van der Waals surface area (Å²) in [6.07, 6.45) is 0. The summed E-state index contributed by atoms with van der Waals surface area (Å²) < 4.78 is 24.1. The number of carbonyl (C=O) groups excluding carboxylic acids is 1. The van der Waals surface area contributed by atoms with E-state index < -0.39 is 9.84 Å². The van der Waals surface area contributed by atoms with E-state index >= 15 is 0 Å². The first-order chi connectivity index (χ1) is 11.7. The summed E-state index contributed by atoms with van der Waals surface area (Å²) in [5.74, 6) is 0.345. The van der Waals surface area contributed by atoms with Gasteiger partial charge >= 0.3 is 0 Å². The van der Waals surface area contributed by atoms with Crippen molar-refractivity contribution in [3.63, 3.8) is 0 Å². The summed E-state index contributed by atoms with van der Waals surface area (Å²) in [6, 6.07) is 7.96. The molecule has 0 unspecified atom stereocenters. The van der Waals surface area contributed by atoms with Gasteiger partial charge in [0.1, 0.15) is 0 Å². The van der Waals surface area contributed by atoms with Gasteiger partial charge in [0.15, 0.2) is 15.0 Å². The maximum atomic E-state index is 12.1. The van der Waals surface area contributed by atoms with Crippen LogP contribution in [-0.4, -0.2) is 42.3 Å². The molecule has 136 valence electrons. The van der Waals surface area contributed by atoms with E-state index in [1.165, 1.54) is 17.3 Å². The van der Waals surface area contributed by atoms with E-state index in [2.05, 4.69) is 31.0 Å². The first kappa shape index (κ1) is 18.5. The molecule has 3 rings (SSSR count). The molecule has 0 saturated carbocycles. The van der Waals surface area contributed by atoms with Gasteiger partial charge in [-0.25, -0.2) is 8.42 Å². The van der Waals surface area contributed by atoms with Gasteiger partial charge in [-0.1, -0.05) is 51.6 Å². The number of sulfone groups is 1. The van der Waals surface area contributed by atoms with Crippen molar-refractivity contribution in [3.8, 4) is 0 Å². The van der Waals surface area contributed by atoms with Gasteiger partial charge in [-0.15, -0.1) is 0 Å². The average molecular weight is 381 g/mol. The first-order valence-electron chi connectivity index (χ1n) is 8.57. The number of benzene rings is 1. The molecule has 2 saturated heterocycles. The monoisotopic (exact) mass is 380 g/mol. The van der Waals surface area contributed by atoms with E-state index in [0.29, 0.717) is 11.1 Å². The molecule has 1 aromatic rings. The van der Waals surface area contributed by atoms with Gasteiger partial charge < -0.3 is 4.90 Å². The Morgan fingerprint density at radius 1 is 1.16 bits per heavy atom. The molecule has 25 heavy (non-hydrogen) atoms.